The Kier molecular flexibility index (Phi) is 4.71. The highest BCUT2D eigenvalue weighted by Crippen LogP contribution is 2.23. The summed E-state index contributed by atoms with van der Waals surface area (Å²) in [6, 6.07) is 2.03. The molecule has 0 radical (unpaired) electrons. The van der Waals surface area contributed by atoms with Gasteiger partial charge in [0.05, 0.1) is 24.4 Å². The van der Waals surface area contributed by atoms with Crippen molar-refractivity contribution in [3.05, 3.63) is 18.0 Å². The summed E-state index contributed by atoms with van der Waals surface area (Å²) in [5, 5.41) is 22.9. The van der Waals surface area contributed by atoms with E-state index >= 15 is 0 Å². The van der Waals surface area contributed by atoms with Gasteiger partial charge in [-0.3, -0.25) is 4.68 Å². The Bertz CT molecular complexity index is 392. The lowest BCUT2D eigenvalue weighted by Crippen LogP contribution is -2.30. The number of hydrogen-bond donors (Lipinski definition) is 1. The van der Waals surface area contributed by atoms with E-state index in [0.717, 1.165) is 0 Å². The first-order valence-electron chi connectivity index (χ1n) is 6.06. The van der Waals surface area contributed by atoms with Gasteiger partial charge in [-0.05, 0) is 17.8 Å². The van der Waals surface area contributed by atoms with E-state index in [0.29, 0.717) is 23.9 Å². The summed E-state index contributed by atoms with van der Waals surface area (Å²) < 4.78 is 1.63. The summed E-state index contributed by atoms with van der Waals surface area (Å²) in [5.74, 6) is 1.22. The molecule has 94 valence electrons. The van der Waals surface area contributed by atoms with Gasteiger partial charge >= 0.3 is 0 Å². The van der Waals surface area contributed by atoms with Crippen molar-refractivity contribution in [2.24, 2.45) is 17.8 Å². The van der Waals surface area contributed by atoms with Gasteiger partial charge < -0.3 is 5.11 Å². The summed E-state index contributed by atoms with van der Waals surface area (Å²) in [6.07, 6.45) is 2.75. The molecule has 3 atom stereocenters. The monoisotopic (exact) mass is 235 g/mol. The van der Waals surface area contributed by atoms with Crippen molar-refractivity contribution in [2.45, 2.75) is 40.3 Å². The minimum atomic E-state index is -0.432. The Morgan fingerprint density at radius 3 is 2.47 bits per heavy atom. The molecule has 4 heteroatoms. The van der Waals surface area contributed by atoms with E-state index in [4.69, 9.17) is 5.26 Å². The van der Waals surface area contributed by atoms with E-state index in [-0.39, 0.29) is 5.92 Å². The highest BCUT2D eigenvalue weighted by Gasteiger charge is 2.23. The minimum absolute atomic E-state index is 0.213. The molecule has 1 N–H and O–H groups in total. The number of hydrogen-bond acceptors (Lipinski definition) is 3. The summed E-state index contributed by atoms with van der Waals surface area (Å²) in [4.78, 5) is 0. The van der Waals surface area contributed by atoms with Gasteiger partial charge in [-0.1, -0.05) is 27.7 Å². The molecule has 0 amide bonds. The molecule has 0 fully saturated rings. The van der Waals surface area contributed by atoms with Gasteiger partial charge in [0.1, 0.15) is 6.07 Å². The third-order valence-electron chi connectivity index (χ3n) is 3.62. The van der Waals surface area contributed by atoms with E-state index in [1.165, 1.54) is 6.20 Å². The highest BCUT2D eigenvalue weighted by molar-refractivity contribution is 5.21. The zero-order valence-corrected chi connectivity index (χ0v) is 11.0. The lowest BCUT2D eigenvalue weighted by atomic mass is 9.83. The second-order valence-electron chi connectivity index (χ2n) is 5.09. The Morgan fingerprint density at radius 2 is 2.00 bits per heavy atom. The van der Waals surface area contributed by atoms with Crippen LogP contribution in [0.15, 0.2) is 12.4 Å². The summed E-state index contributed by atoms with van der Waals surface area (Å²) in [5.41, 5.74) is 0.529. The predicted molar refractivity (Wildman–Crippen MR) is 66.1 cm³/mol. The fourth-order valence-electron chi connectivity index (χ4n) is 1.84. The molecule has 0 bridgehead atoms. The van der Waals surface area contributed by atoms with Crippen molar-refractivity contribution in [3.8, 4) is 6.07 Å². The molecule has 0 aliphatic heterocycles. The zero-order valence-electron chi connectivity index (χ0n) is 11.0. The molecule has 1 heterocycles. The van der Waals surface area contributed by atoms with Gasteiger partial charge in [-0.15, -0.1) is 0 Å². The highest BCUT2D eigenvalue weighted by atomic mass is 16.3. The number of aromatic nitrogens is 2. The second kappa shape index (κ2) is 5.83. The Morgan fingerprint density at radius 1 is 1.35 bits per heavy atom. The van der Waals surface area contributed by atoms with Crippen molar-refractivity contribution in [1.29, 1.82) is 5.26 Å². The fourth-order valence-corrected chi connectivity index (χ4v) is 1.84. The number of aliphatic hydroxyl groups excluding tert-OH is 1. The van der Waals surface area contributed by atoms with Gasteiger partial charge in [-0.2, -0.15) is 10.4 Å². The third-order valence-corrected chi connectivity index (χ3v) is 3.62. The van der Waals surface area contributed by atoms with Crippen LogP contribution in [0.2, 0.25) is 0 Å². The Balaban J connectivity index is 2.60. The van der Waals surface area contributed by atoms with Gasteiger partial charge in [0.25, 0.3) is 0 Å². The molecule has 0 spiro atoms. The van der Waals surface area contributed by atoms with E-state index in [1.54, 1.807) is 10.9 Å². The summed E-state index contributed by atoms with van der Waals surface area (Å²) in [6.45, 7) is 8.98. The third kappa shape index (κ3) is 3.57. The molecule has 0 aliphatic carbocycles. The number of nitrogens with zero attached hydrogens (tertiary/aromatic N) is 3. The number of nitriles is 1. The molecule has 1 aromatic heterocycles. The van der Waals surface area contributed by atoms with Crippen LogP contribution in [0.3, 0.4) is 0 Å². The molecule has 1 rings (SSSR count). The normalized spacial score (nSPS) is 16.5. The van der Waals surface area contributed by atoms with Crippen molar-refractivity contribution in [2.75, 3.05) is 0 Å². The lowest BCUT2D eigenvalue weighted by molar-refractivity contribution is 0.0561. The molecule has 1 aromatic rings. The molecule has 2 unspecified atom stereocenters. The van der Waals surface area contributed by atoms with Crippen LogP contribution in [-0.4, -0.2) is 21.0 Å². The van der Waals surface area contributed by atoms with Crippen LogP contribution < -0.4 is 0 Å². The van der Waals surface area contributed by atoms with Gasteiger partial charge in [0.15, 0.2) is 0 Å². The SMILES string of the molecule is CC(C)C(C)C(C)[C@H](O)Cn1cc(C#N)cn1. The maximum Gasteiger partial charge on any atom is 0.102 e. The fraction of sp³-hybridized carbons (Fsp3) is 0.692. The first-order valence-corrected chi connectivity index (χ1v) is 6.06. The maximum atomic E-state index is 10.1. The molecule has 0 saturated carbocycles. The largest absolute Gasteiger partial charge is 0.391 e. The van der Waals surface area contributed by atoms with Crippen LogP contribution in [0.5, 0.6) is 0 Å². The molecule has 4 nitrogen and oxygen atoms in total. The van der Waals surface area contributed by atoms with Crippen LogP contribution in [0.4, 0.5) is 0 Å². The van der Waals surface area contributed by atoms with E-state index in [9.17, 15) is 5.11 Å². The van der Waals surface area contributed by atoms with Crippen LogP contribution in [0.1, 0.15) is 33.3 Å². The molecule has 0 aromatic carbocycles. The molecular weight excluding hydrogens is 214 g/mol. The zero-order chi connectivity index (χ0) is 13.0. The van der Waals surface area contributed by atoms with E-state index in [2.05, 4.69) is 32.8 Å². The van der Waals surface area contributed by atoms with E-state index < -0.39 is 6.10 Å². The average Bonchev–Trinajstić information content (AvgIpc) is 2.74. The van der Waals surface area contributed by atoms with Crippen LogP contribution in [0, 0.1) is 29.1 Å². The molecule has 17 heavy (non-hydrogen) atoms. The topological polar surface area (TPSA) is 61.8 Å². The standard InChI is InChI=1S/C13H21N3O/c1-9(2)10(3)11(4)13(17)8-16-7-12(5-14)6-15-16/h6-7,9-11,13,17H,8H2,1-4H3/t10?,11?,13-/m1/s1. The van der Waals surface area contributed by atoms with Gasteiger partial charge in [-0.25, -0.2) is 0 Å². The van der Waals surface area contributed by atoms with Crippen molar-refractivity contribution in [1.82, 2.24) is 9.78 Å². The first kappa shape index (κ1) is 13.7. The van der Waals surface area contributed by atoms with E-state index in [1.807, 2.05) is 6.07 Å². The minimum Gasteiger partial charge on any atom is -0.391 e. The van der Waals surface area contributed by atoms with Crippen LogP contribution >= 0.6 is 0 Å². The van der Waals surface area contributed by atoms with Crippen molar-refractivity contribution < 1.29 is 5.11 Å². The first-order chi connectivity index (χ1) is 7.95. The molecule has 0 aliphatic rings. The van der Waals surface area contributed by atoms with Crippen LogP contribution in [0.25, 0.3) is 0 Å². The number of rotatable bonds is 5. The molecule has 0 saturated heterocycles. The maximum absolute atomic E-state index is 10.1. The average molecular weight is 235 g/mol. The summed E-state index contributed by atoms with van der Waals surface area (Å²) in [7, 11) is 0. The van der Waals surface area contributed by atoms with Crippen LogP contribution in [-0.2, 0) is 6.54 Å². The smallest absolute Gasteiger partial charge is 0.102 e. The Labute approximate surface area is 103 Å². The summed E-state index contributed by atoms with van der Waals surface area (Å²) >= 11 is 0. The van der Waals surface area contributed by atoms with Crippen molar-refractivity contribution >= 4 is 0 Å². The Hall–Kier alpha value is -1.34. The van der Waals surface area contributed by atoms with Gasteiger partial charge in [0.2, 0.25) is 0 Å². The quantitative estimate of drug-likeness (QED) is 0.849. The second-order valence-corrected chi connectivity index (χ2v) is 5.09. The van der Waals surface area contributed by atoms with Gasteiger partial charge in [0, 0.05) is 6.20 Å². The van der Waals surface area contributed by atoms with Crippen molar-refractivity contribution in [3.63, 3.8) is 0 Å². The molecular formula is C13H21N3O. The lowest BCUT2D eigenvalue weighted by Gasteiger charge is -2.27. The predicted octanol–water partition coefficient (Wildman–Crippen LogP) is 2.04. The number of aliphatic hydroxyl groups is 1.